The van der Waals surface area contributed by atoms with Gasteiger partial charge < -0.3 is 34.9 Å². The average molecular weight is 1120 g/mol. The Bertz CT molecular complexity index is 3530. The number of amides is 2. The van der Waals surface area contributed by atoms with Crippen LogP contribution in [0.3, 0.4) is 0 Å². The van der Waals surface area contributed by atoms with Crippen LogP contribution < -0.4 is 25.2 Å². The van der Waals surface area contributed by atoms with Crippen LogP contribution in [-0.2, 0) is 20.2 Å². The number of hydrogen-bond donors (Lipinski definition) is 4. The predicted molar refractivity (Wildman–Crippen MR) is 284 cm³/mol. The Kier molecular flexibility index (Phi) is 19.0. The number of nitrogens with one attached hydrogen (secondary N) is 2. The molecule has 0 aliphatic carbocycles. The van der Waals surface area contributed by atoms with Crippen molar-refractivity contribution in [2.24, 2.45) is 20.5 Å². The number of halogens is 2. The molecule has 0 bridgehead atoms. The van der Waals surface area contributed by atoms with Gasteiger partial charge in [-0.3, -0.25) is 14.1 Å². The number of hydrogen-bond acceptors (Lipinski definition) is 15. The van der Waals surface area contributed by atoms with Crippen LogP contribution in [0, 0.1) is 13.8 Å². The molecule has 0 radical (unpaired) electrons. The quantitative estimate of drug-likeness (QED) is 0.0449. The van der Waals surface area contributed by atoms with E-state index in [4.69, 9.17) is 32.7 Å². The molecular formula is C52H42CaCl2N6O12S2. The summed E-state index contributed by atoms with van der Waals surface area (Å²) < 4.78 is 78.8. The van der Waals surface area contributed by atoms with Gasteiger partial charge in [-0.25, -0.2) is 8.42 Å². The minimum atomic E-state index is -4.87. The van der Waals surface area contributed by atoms with Crippen molar-refractivity contribution in [2.75, 3.05) is 23.8 Å². The molecule has 0 heterocycles. The van der Waals surface area contributed by atoms with Crippen LogP contribution in [0.5, 0.6) is 23.0 Å². The van der Waals surface area contributed by atoms with Crippen molar-refractivity contribution >= 4 is 149 Å². The number of phenolic OH excluding ortho intramolecular Hbond substituents is 1. The van der Waals surface area contributed by atoms with Crippen LogP contribution in [0.25, 0.3) is 21.5 Å². The molecule has 0 saturated heterocycles. The van der Waals surface area contributed by atoms with Gasteiger partial charge in [-0.15, -0.1) is 5.11 Å². The van der Waals surface area contributed by atoms with Crippen LogP contribution in [0.1, 0.15) is 45.7 Å². The number of fused-ring (bicyclic) bond motifs is 2. The zero-order valence-electron chi connectivity index (χ0n) is 40.2. The fourth-order valence-corrected chi connectivity index (χ4v) is 10.1. The van der Waals surface area contributed by atoms with Crippen molar-refractivity contribution in [1.29, 1.82) is 0 Å². The number of ether oxygens (including phenoxy) is 2. The summed E-state index contributed by atoms with van der Waals surface area (Å²) in [5.74, 6) is -0.990. The summed E-state index contributed by atoms with van der Waals surface area (Å²) in [6.07, 6.45) is 0. The number of benzene rings is 8. The molecule has 0 aliphatic rings. The first-order chi connectivity index (χ1) is 35.2. The summed E-state index contributed by atoms with van der Waals surface area (Å²) in [5, 5.41) is 47.9. The van der Waals surface area contributed by atoms with Crippen molar-refractivity contribution in [1.82, 2.24) is 0 Å². The van der Waals surface area contributed by atoms with E-state index in [1.165, 1.54) is 50.2 Å². The Morgan fingerprint density at radius 1 is 0.600 bits per heavy atom. The Labute approximate surface area is 470 Å². The zero-order chi connectivity index (χ0) is 53.5. The van der Waals surface area contributed by atoms with Gasteiger partial charge >= 0.3 is 37.7 Å². The first kappa shape index (κ1) is 57.6. The summed E-state index contributed by atoms with van der Waals surface area (Å²) >= 11 is 11.9. The molecule has 23 heteroatoms. The molecule has 8 rings (SSSR count). The van der Waals surface area contributed by atoms with Gasteiger partial charge in [0.25, 0.3) is 21.9 Å². The van der Waals surface area contributed by atoms with Crippen molar-refractivity contribution in [3.63, 3.8) is 0 Å². The minimum absolute atomic E-state index is 0. The fourth-order valence-electron chi connectivity index (χ4n) is 7.51. The molecule has 0 saturated carbocycles. The fraction of sp³-hybridized carbons (Fsp3) is 0.115. The number of azo groups is 2. The first-order valence-electron chi connectivity index (χ1n) is 22.1. The number of carbonyl (C=O) groups is 2. The molecular weight excluding hydrogens is 1080 g/mol. The Morgan fingerprint density at radius 3 is 1.48 bits per heavy atom. The van der Waals surface area contributed by atoms with Gasteiger partial charge in [0, 0.05) is 27.7 Å². The summed E-state index contributed by atoms with van der Waals surface area (Å²) in [4.78, 5) is 25.0. The van der Waals surface area contributed by atoms with Crippen LogP contribution in [0.2, 0.25) is 10.0 Å². The molecule has 75 heavy (non-hydrogen) atoms. The topological polar surface area (TPSA) is 281 Å². The van der Waals surface area contributed by atoms with Gasteiger partial charge in [-0.05, 0) is 135 Å². The van der Waals surface area contributed by atoms with E-state index >= 15 is 0 Å². The van der Waals surface area contributed by atoms with Gasteiger partial charge in [0.05, 0.1) is 50.8 Å². The Hall–Kier alpha value is -6.72. The van der Waals surface area contributed by atoms with Gasteiger partial charge in [0.1, 0.15) is 32.2 Å². The number of rotatable bonds is 14. The largest absolute Gasteiger partial charge is 2.00 e. The normalized spacial score (nSPS) is 11.5. The predicted octanol–water partition coefficient (Wildman–Crippen LogP) is 12.3. The second-order valence-corrected chi connectivity index (χ2v) is 19.3. The molecule has 8 aromatic rings. The van der Waals surface area contributed by atoms with E-state index in [0.29, 0.717) is 57.6 Å². The molecule has 4 N–H and O–H groups in total. The van der Waals surface area contributed by atoms with Crippen LogP contribution in [0.15, 0.2) is 164 Å². The number of phenols is 1. The maximum Gasteiger partial charge on any atom is 2.00 e. The van der Waals surface area contributed by atoms with Crippen molar-refractivity contribution in [2.45, 2.75) is 37.5 Å². The number of anilines is 2. The molecule has 18 nitrogen and oxygen atoms in total. The van der Waals surface area contributed by atoms with E-state index in [1.807, 2.05) is 13.8 Å². The van der Waals surface area contributed by atoms with Crippen LogP contribution in [-0.4, -0.2) is 93.8 Å². The van der Waals surface area contributed by atoms with Crippen molar-refractivity contribution < 1.29 is 55.2 Å². The second-order valence-electron chi connectivity index (χ2n) is 15.9. The Balaban J connectivity index is 0.000000241. The average Bonchev–Trinajstić information content (AvgIpc) is 3.35. The standard InChI is InChI=1S/2C26H22ClN3O6S.Ca/c2*1-3-36-18-10-8-17(9-11-18)28-26(32)20-14-16-6-4-5-7-19(16)23(24(20)31)30-29-22-13-12-21(27)25(15(22)2)37(33,34)35;/h2*4-14,31H,3H2,1-2H3,(H,28,32)(H,33,34,35);/q;;+2/p-2. The van der Waals surface area contributed by atoms with Crippen LogP contribution in [0.4, 0.5) is 34.1 Å². The summed E-state index contributed by atoms with van der Waals surface area (Å²) in [6.45, 7) is 7.53. The summed E-state index contributed by atoms with van der Waals surface area (Å²) in [5.41, 5.74) is 0.875. The minimum Gasteiger partial charge on any atom is -0.870 e. The molecule has 0 fully saturated rings. The number of carbonyl (C=O) groups excluding carboxylic acids is 2. The van der Waals surface area contributed by atoms with Gasteiger partial charge in [0.15, 0.2) is 5.75 Å². The Morgan fingerprint density at radius 2 is 1.01 bits per heavy atom. The van der Waals surface area contributed by atoms with Crippen molar-refractivity contribution in [3.8, 4) is 23.0 Å². The third kappa shape index (κ3) is 13.6. The monoisotopic (exact) mass is 1120 g/mol. The van der Waals surface area contributed by atoms with Crippen molar-refractivity contribution in [3.05, 3.63) is 166 Å². The van der Waals surface area contributed by atoms with E-state index in [1.54, 1.807) is 97.1 Å². The molecule has 0 aromatic heterocycles. The van der Waals surface area contributed by atoms with Gasteiger partial charge in [-0.1, -0.05) is 77.5 Å². The molecule has 380 valence electrons. The first-order valence-corrected chi connectivity index (χ1v) is 25.7. The van der Waals surface area contributed by atoms with E-state index in [2.05, 4.69) is 31.1 Å². The number of aromatic hydroxyl groups is 1. The zero-order valence-corrected chi connectivity index (χ0v) is 45.5. The third-order valence-corrected chi connectivity index (χ3v) is 13.9. The molecule has 0 atom stereocenters. The SMILES string of the molecule is CCOc1ccc(NC(=O)c2cc3ccccc3c(N=Nc3ccc(Cl)c(S(=O)(=O)O)c3C)c2O)cc1.CCOc1ccc(NC(=O)c2cc3ccccc3c(N=Nc3ccc(Cl)c(S(=O)(=O)[O-])c3C)c2[O-])cc1.[Ca+2]. The molecule has 0 spiro atoms. The van der Waals surface area contributed by atoms with E-state index in [9.17, 15) is 45.7 Å². The van der Waals surface area contributed by atoms with E-state index < -0.39 is 53.3 Å². The maximum absolute atomic E-state index is 13.3. The van der Waals surface area contributed by atoms with Crippen LogP contribution >= 0.6 is 23.2 Å². The third-order valence-electron chi connectivity index (χ3n) is 11.0. The van der Waals surface area contributed by atoms with Gasteiger partial charge in [-0.2, -0.15) is 23.8 Å². The van der Waals surface area contributed by atoms with E-state index in [0.717, 1.165) is 0 Å². The summed E-state index contributed by atoms with van der Waals surface area (Å²) in [7, 11) is -9.48. The molecule has 0 aliphatic heterocycles. The molecule has 8 aromatic carbocycles. The van der Waals surface area contributed by atoms with E-state index in [-0.39, 0.29) is 92.8 Å². The number of nitrogens with zero attached hydrogens (tertiary/aromatic N) is 4. The molecule has 2 amide bonds. The second kappa shape index (κ2) is 24.7. The van der Waals surface area contributed by atoms with Gasteiger partial charge in [0.2, 0.25) is 0 Å². The molecule has 0 unspecified atom stereocenters. The smallest absolute Gasteiger partial charge is 0.870 e. The maximum atomic E-state index is 13.3. The summed E-state index contributed by atoms with van der Waals surface area (Å²) in [6, 6.07) is 35.6.